The lowest BCUT2D eigenvalue weighted by atomic mass is 9.94. The minimum Gasteiger partial charge on any atom is -0.363 e. The van der Waals surface area contributed by atoms with E-state index in [0.717, 1.165) is 24.0 Å². The fraction of sp³-hybridized carbons (Fsp3) is 0.375. The van der Waals surface area contributed by atoms with Crippen molar-refractivity contribution >= 4 is 23.4 Å². The van der Waals surface area contributed by atoms with Gasteiger partial charge in [-0.3, -0.25) is 19.7 Å². The molecule has 3 aliphatic rings. The normalized spacial score (nSPS) is 22.9. The van der Waals surface area contributed by atoms with Crippen LogP contribution in [0.4, 0.5) is 5.69 Å². The van der Waals surface area contributed by atoms with Gasteiger partial charge in [0.1, 0.15) is 6.04 Å². The molecule has 0 saturated carbocycles. The Bertz CT molecular complexity index is 1070. The number of benzene rings is 2. The number of aryl methyl sites for hydroxylation is 1. The van der Waals surface area contributed by atoms with E-state index in [1.54, 1.807) is 4.90 Å². The molecule has 3 N–H and O–H groups in total. The fourth-order valence-electron chi connectivity index (χ4n) is 5.12. The van der Waals surface area contributed by atoms with Crippen LogP contribution in [0, 0.1) is 0 Å². The summed E-state index contributed by atoms with van der Waals surface area (Å²) in [6.45, 7) is 1.63. The molecule has 3 amide bonds. The molecule has 1 saturated heterocycles. The number of amides is 3. The first-order valence-electron chi connectivity index (χ1n) is 10.9. The Hall–Kier alpha value is -3.19. The number of fused-ring (bicyclic) bond motifs is 2. The van der Waals surface area contributed by atoms with Crippen LogP contribution in [0.5, 0.6) is 0 Å². The van der Waals surface area contributed by atoms with Crippen LogP contribution in [0.3, 0.4) is 0 Å². The molecule has 0 aliphatic carbocycles. The predicted molar refractivity (Wildman–Crippen MR) is 116 cm³/mol. The highest BCUT2D eigenvalue weighted by Crippen LogP contribution is 2.35. The monoisotopic (exact) mass is 418 g/mol. The summed E-state index contributed by atoms with van der Waals surface area (Å²) >= 11 is 0. The van der Waals surface area contributed by atoms with E-state index in [2.05, 4.69) is 34.5 Å². The number of imide groups is 1. The van der Waals surface area contributed by atoms with E-state index in [4.69, 9.17) is 5.73 Å². The van der Waals surface area contributed by atoms with Crippen LogP contribution < -0.4 is 16.0 Å². The standard InChI is InChI=1S/C24H26N4O3/c25-12-17-9-8-15-4-1-2-7-20(15)27(17)13-16-5-3-6-18-19(16)14-28(24(18)31)21-10-11-22(29)26-23(21)30/h1-7,17,21H,8-14,25H2,(H,26,29,30). The van der Waals surface area contributed by atoms with Crippen molar-refractivity contribution in [3.8, 4) is 0 Å². The number of nitrogens with two attached hydrogens (primary N) is 1. The van der Waals surface area contributed by atoms with Crippen molar-refractivity contribution in [1.29, 1.82) is 0 Å². The molecule has 2 unspecified atom stereocenters. The van der Waals surface area contributed by atoms with Crippen molar-refractivity contribution in [2.24, 2.45) is 5.73 Å². The zero-order valence-electron chi connectivity index (χ0n) is 17.3. The number of rotatable bonds is 4. The van der Waals surface area contributed by atoms with Crippen LogP contribution in [0.15, 0.2) is 42.5 Å². The van der Waals surface area contributed by atoms with Gasteiger partial charge in [-0.15, -0.1) is 0 Å². The van der Waals surface area contributed by atoms with Crippen LogP contribution >= 0.6 is 0 Å². The molecule has 7 nitrogen and oxygen atoms in total. The average molecular weight is 418 g/mol. The predicted octanol–water partition coefficient (Wildman–Crippen LogP) is 1.73. The molecule has 2 atom stereocenters. The van der Waals surface area contributed by atoms with E-state index >= 15 is 0 Å². The Morgan fingerprint density at radius 1 is 1.00 bits per heavy atom. The highest BCUT2D eigenvalue weighted by atomic mass is 16.2. The summed E-state index contributed by atoms with van der Waals surface area (Å²) in [6, 6.07) is 13.9. The summed E-state index contributed by atoms with van der Waals surface area (Å²) in [5.41, 5.74) is 11.3. The number of anilines is 1. The van der Waals surface area contributed by atoms with Gasteiger partial charge in [-0.25, -0.2) is 0 Å². The molecule has 0 aromatic heterocycles. The quantitative estimate of drug-likeness (QED) is 0.738. The second kappa shape index (κ2) is 7.81. The fourth-order valence-corrected chi connectivity index (χ4v) is 5.12. The van der Waals surface area contributed by atoms with Crippen molar-refractivity contribution in [2.45, 2.75) is 50.9 Å². The molecule has 0 bridgehead atoms. The molecular weight excluding hydrogens is 392 g/mol. The lowest BCUT2D eigenvalue weighted by Crippen LogP contribution is -2.52. The first kappa shape index (κ1) is 19.8. The van der Waals surface area contributed by atoms with Crippen LogP contribution in [-0.2, 0) is 29.1 Å². The highest BCUT2D eigenvalue weighted by molar-refractivity contribution is 6.05. The number of para-hydroxylation sites is 1. The summed E-state index contributed by atoms with van der Waals surface area (Å²) in [5, 5.41) is 2.36. The maximum atomic E-state index is 13.1. The van der Waals surface area contributed by atoms with Crippen molar-refractivity contribution < 1.29 is 14.4 Å². The van der Waals surface area contributed by atoms with Crippen molar-refractivity contribution in [2.75, 3.05) is 11.4 Å². The lowest BCUT2D eigenvalue weighted by Gasteiger charge is -2.39. The molecule has 3 heterocycles. The third-order valence-corrected chi connectivity index (χ3v) is 6.78. The van der Waals surface area contributed by atoms with Gasteiger partial charge in [-0.2, -0.15) is 0 Å². The van der Waals surface area contributed by atoms with Gasteiger partial charge in [0.25, 0.3) is 5.91 Å². The second-order valence-corrected chi connectivity index (χ2v) is 8.53. The Labute approximate surface area is 181 Å². The van der Waals surface area contributed by atoms with Crippen molar-refractivity contribution in [3.63, 3.8) is 0 Å². The average Bonchev–Trinajstić information content (AvgIpc) is 3.11. The maximum Gasteiger partial charge on any atom is 0.255 e. The minimum atomic E-state index is -0.599. The molecule has 160 valence electrons. The molecule has 3 aliphatic heterocycles. The summed E-state index contributed by atoms with van der Waals surface area (Å²) in [7, 11) is 0. The Morgan fingerprint density at radius 2 is 1.84 bits per heavy atom. The van der Waals surface area contributed by atoms with Crippen LogP contribution in [0.2, 0.25) is 0 Å². The Morgan fingerprint density at radius 3 is 2.65 bits per heavy atom. The molecule has 2 aromatic carbocycles. The smallest absolute Gasteiger partial charge is 0.255 e. The minimum absolute atomic E-state index is 0.138. The van der Waals surface area contributed by atoms with Gasteiger partial charge in [0, 0.05) is 43.3 Å². The number of hydrogen-bond acceptors (Lipinski definition) is 5. The van der Waals surface area contributed by atoms with E-state index in [9.17, 15) is 14.4 Å². The van der Waals surface area contributed by atoms with Gasteiger partial charge >= 0.3 is 0 Å². The topological polar surface area (TPSA) is 95.7 Å². The SMILES string of the molecule is NCC1CCc2ccccc2N1Cc1cccc2c1CN(C1CCC(=O)NC1=O)C2=O. The van der Waals surface area contributed by atoms with Crippen LogP contribution in [-0.4, -0.2) is 41.2 Å². The van der Waals surface area contributed by atoms with Gasteiger partial charge in [-0.1, -0.05) is 30.3 Å². The summed E-state index contributed by atoms with van der Waals surface area (Å²) in [6.07, 6.45) is 2.65. The first-order valence-corrected chi connectivity index (χ1v) is 10.9. The molecule has 7 heteroatoms. The van der Waals surface area contributed by atoms with Gasteiger partial charge in [0.2, 0.25) is 11.8 Å². The number of carbonyl (C=O) groups excluding carboxylic acids is 3. The number of carbonyl (C=O) groups is 3. The van der Waals surface area contributed by atoms with E-state index in [1.807, 2.05) is 18.2 Å². The molecule has 5 rings (SSSR count). The third-order valence-electron chi connectivity index (χ3n) is 6.78. The van der Waals surface area contributed by atoms with E-state index in [0.29, 0.717) is 31.6 Å². The molecule has 0 spiro atoms. The molecule has 1 fully saturated rings. The number of hydrogen-bond donors (Lipinski definition) is 2. The molecule has 0 radical (unpaired) electrons. The Balaban J connectivity index is 1.45. The maximum absolute atomic E-state index is 13.1. The van der Waals surface area contributed by atoms with Crippen molar-refractivity contribution in [3.05, 3.63) is 64.7 Å². The van der Waals surface area contributed by atoms with E-state index < -0.39 is 6.04 Å². The van der Waals surface area contributed by atoms with E-state index in [1.165, 1.54) is 11.3 Å². The zero-order chi connectivity index (χ0) is 21.5. The second-order valence-electron chi connectivity index (χ2n) is 8.53. The van der Waals surface area contributed by atoms with Gasteiger partial charge in [0.05, 0.1) is 0 Å². The summed E-state index contributed by atoms with van der Waals surface area (Å²) in [5.74, 6) is -0.796. The largest absolute Gasteiger partial charge is 0.363 e. The van der Waals surface area contributed by atoms with Gasteiger partial charge in [0.15, 0.2) is 0 Å². The first-order chi connectivity index (χ1) is 15.1. The highest BCUT2D eigenvalue weighted by Gasteiger charge is 2.40. The number of nitrogens with one attached hydrogen (secondary N) is 1. The zero-order valence-corrected chi connectivity index (χ0v) is 17.3. The molecule has 31 heavy (non-hydrogen) atoms. The van der Waals surface area contributed by atoms with Gasteiger partial charge in [-0.05, 0) is 48.1 Å². The number of nitrogens with zero attached hydrogens (tertiary/aromatic N) is 2. The number of piperidine rings is 1. The molecular formula is C24H26N4O3. The van der Waals surface area contributed by atoms with Crippen LogP contribution in [0.25, 0.3) is 0 Å². The Kier molecular flexibility index (Phi) is 4.98. The third kappa shape index (κ3) is 3.39. The molecule has 2 aromatic rings. The lowest BCUT2D eigenvalue weighted by molar-refractivity contribution is -0.136. The van der Waals surface area contributed by atoms with Crippen molar-refractivity contribution in [1.82, 2.24) is 10.2 Å². The summed E-state index contributed by atoms with van der Waals surface area (Å²) in [4.78, 5) is 41.0. The van der Waals surface area contributed by atoms with E-state index in [-0.39, 0.29) is 30.2 Å². The van der Waals surface area contributed by atoms with Gasteiger partial charge < -0.3 is 15.5 Å². The van der Waals surface area contributed by atoms with Crippen LogP contribution in [0.1, 0.15) is 46.3 Å². The summed E-state index contributed by atoms with van der Waals surface area (Å²) < 4.78 is 0.